The number of nitrogens with two attached hydrogens (primary N) is 2. The summed E-state index contributed by atoms with van der Waals surface area (Å²) in [4.78, 5) is 21.2. The smallest absolute Gasteiger partial charge is 0.225 e. The van der Waals surface area contributed by atoms with Crippen molar-refractivity contribution in [3.63, 3.8) is 0 Å². The van der Waals surface area contributed by atoms with Gasteiger partial charge in [-0.1, -0.05) is 12.1 Å². The molecule has 0 bridgehead atoms. The van der Waals surface area contributed by atoms with Crippen molar-refractivity contribution in [3.8, 4) is 11.1 Å². The molecule has 0 radical (unpaired) electrons. The van der Waals surface area contributed by atoms with Crippen LogP contribution in [0, 0.1) is 17.5 Å². The Labute approximate surface area is 230 Å². The summed E-state index contributed by atoms with van der Waals surface area (Å²) in [6.07, 6.45) is 1.51. The van der Waals surface area contributed by atoms with Crippen LogP contribution in [0.3, 0.4) is 0 Å². The third kappa shape index (κ3) is 6.05. The largest absolute Gasteiger partial charge is 0.384 e. The van der Waals surface area contributed by atoms with E-state index in [0.29, 0.717) is 38.2 Å². The standard InChI is InChI=1S/C29H24F3N5O2S/c30-19-4-6-25-24(14-19)18(15-35-25)12-28(38)36-26(10-16-8-20(31)13-21(32)9-16)29-23(5-7-27(33)37-29)17-2-1-3-22(11-17)40(34)39/h1-9,11,13-15,26,35H,10,12,34H2,(H2,33,37)(H,36,38). The third-order valence-electron chi connectivity index (χ3n) is 6.43. The zero-order valence-corrected chi connectivity index (χ0v) is 21.8. The molecule has 11 heteroatoms. The number of hydrogen-bond acceptors (Lipinski definition) is 4. The molecule has 0 aliphatic rings. The molecule has 2 aromatic heterocycles. The fourth-order valence-corrected chi connectivity index (χ4v) is 5.14. The Morgan fingerprint density at radius 3 is 2.50 bits per heavy atom. The number of amides is 1. The van der Waals surface area contributed by atoms with Gasteiger partial charge in [0.1, 0.15) is 34.3 Å². The lowest BCUT2D eigenvalue weighted by Crippen LogP contribution is -2.32. The van der Waals surface area contributed by atoms with Crippen LogP contribution in [-0.2, 0) is 28.6 Å². The van der Waals surface area contributed by atoms with E-state index >= 15 is 0 Å². The lowest BCUT2D eigenvalue weighted by molar-refractivity contribution is -0.121. The van der Waals surface area contributed by atoms with Gasteiger partial charge in [0.05, 0.1) is 23.1 Å². The molecule has 5 rings (SSSR count). The number of halogens is 3. The summed E-state index contributed by atoms with van der Waals surface area (Å²) in [7, 11) is -1.74. The topological polar surface area (TPSA) is 127 Å². The number of nitrogens with one attached hydrogen (secondary N) is 2. The van der Waals surface area contributed by atoms with E-state index < -0.39 is 40.4 Å². The number of rotatable bonds is 8. The third-order valence-corrected chi connectivity index (χ3v) is 7.15. The lowest BCUT2D eigenvalue weighted by atomic mass is 9.95. The number of carbonyl (C=O) groups is 1. The van der Waals surface area contributed by atoms with Gasteiger partial charge in [-0.25, -0.2) is 27.5 Å². The monoisotopic (exact) mass is 563 g/mol. The predicted octanol–water partition coefficient (Wildman–Crippen LogP) is 4.85. The SMILES string of the molecule is Nc1ccc(-c2cccc(S(N)=O)c2)c(C(Cc2cc(F)cc(F)c2)NC(=O)Cc2c[nH]c3ccc(F)cc23)n1. The zero-order chi connectivity index (χ0) is 28.4. The Kier molecular flexibility index (Phi) is 7.67. The average Bonchev–Trinajstić information content (AvgIpc) is 3.29. The molecular formula is C29H24F3N5O2S. The van der Waals surface area contributed by atoms with E-state index in [1.165, 1.54) is 24.3 Å². The molecule has 7 nitrogen and oxygen atoms in total. The summed E-state index contributed by atoms with van der Waals surface area (Å²) < 4.78 is 53.9. The van der Waals surface area contributed by atoms with Crippen LogP contribution in [-0.4, -0.2) is 20.1 Å². The first-order chi connectivity index (χ1) is 19.2. The number of anilines is 1. The summed E-state index contributed by atoms with van der Waals surface area (Å²) in [5, 5.41) is 9.06. The Morgan fingerprint density at radius 1 is 0.975 bits per heavy atom. The molecule has 5 aromatic rings. The van der Waals surface area contributed by atoms with E-state index in [9.17, 15) is 22.2 Å². The van der Waals surface area contributed by atoms with Gasteiger partial charge in [0, 0.05) is 28.7 Å². The number of aromatic amines is 1. The maximum atomic E-state index is 14.1. The van der Waals surface area contributed by atoms with Crippen molar-refractivity contribution in [3.05, 3.63) is 113 Å². The Balaban J connectivity index is 1.55. The summed E-state index contributed by atoms with van der Waals surface area (Å²) in [6, 6.07) is 16.4. The Morgan fingerprint density at radius 2 is 1.75 bits per heavy atom. The number of carbonyl (C=O) groups excluding carboxylic acids is 1. The minimum atomic E-state index is -1.74. The van der Waals surface area contributed by atoms with Crippen molar-refractivity contribution in [2.75, 3.05) is 5.73 Å². The molecule has 3 aromatic carbocycles. The molecule has 1 amide bonds. The highest BCUT2D eigenvalue weighted by atomic mass is 32.2. The molecule has 2 unspecified atom stereocenters. The fraction of sp³-hybridized carbons (Fsp3) is 0.103. The van der Waals surface area contributed by atoms with Crippen molar-refractivity contribution in [2.45, 2.75) is 23.8 Å². The van der Waals surface area contributed by atoms with Gasteiger partial charge in [-0.15, -0.1) is 0 Å². The van der Waals surface area contributed by atoms with E-state index in [2.05, 4.69) is 15.3 Å². The molecule has 0 saturated carbocycles. The van der Waals surface area contributed by atoms with E-state index in [4.69, 9.17) is 10.9 Å². The highest BCUT2D eigenvalue weighted by Gasteiger charge is 2.23. The van der Waals surface area contributed by atoms with Crippen LogP contribution in [0.15, 0.2) is 83.9 Å². The van der Waals surface area contributed by atoms with Gasteiger partial charge >= 0.3 is 0 Å². The first kappa shape index (κ1) is 27.1. The van der Waals surface area contributed by atoms with E-state index in [-0.39, 0.29) is 24.2 Å². The number of hydrogen-bond donors (Lipinski definition) is 4. The Hall–Kier alpha value is -4.48. The number of nitrogens with zero attached hydrogens (tertiary/aromatic N) is 1. The maximum absolute atomic E-state index is 14.1. The molecule has 0 fully saturated rings. The van der Waals surface area contributed by atoms with Crippen LogP contribution in [0.4, 0.5) is 19.0 Å². The zero-order valence-electron chi connectivity index (χ0n) is 21.0. The quantitative estimate of drug-likeness (QED) is 0.215. The first-order valence-electron chi connectivity index (χ1n) is 12.2. The van der Waals surface area contributed by atoms with E-state index in [1.54, 1.807) is 48.7 Å². The van der Waals surface area contributed by atoms with Gasteiger partial charge in [0.25, 0.3) is 0 Å². The number of H-pyrrole nitrogens is 1. The molecule has 40 heavy (non-hydrogen) atoms. The lowest BCUT2D eigenvalue weighted by Gasteiger charge is -2.22. The van der Waals surface area contributed by atoms with Crippen LogP contribution in [0.5, 0.6) is 0 Å². The average molecular weight is 564 g/mol. The number of fused-ring (bicyclic) bond motifs is 1. The number of nitrogen functional groups attached to an aromatic ring is 1. The van der Waals surface area contributed by atoms with Crippen LogP contribution >= 0.6 is 0 Å². The summed E-state index contributed by atoms with van der Waals surface area (Å²) in [5.74, 6) is -2.23. The van der Waals surface area contributed by atoms with Crippen LogP contribution in [0.1, 0.15) is 22.9 Å². The van der Waals surface area contributed by atoms with Crippen molar-refractivity contribution in [1.82, 2.24) is 15.3 Å². The van der Waals surface area contributed by atoms with Crippen LogP contribution < -0.4 is 16.2 Å². The molecule has 2 atom stereocenters. The van der Waals surface area contributed by atoms with Gasteiger partial charge in [0.2, 0.25) is 5.91 Å². The normalized spacial score (nSPS) is 12.8. The Bertz CT molecular complexity index is 1740. The van der Waals surface area contributed by atoms with Crippen molar-refractivity contribution < 1.29 is 22.2 Å². The number of aromatic nitrogens is 2. The summed E-state index contributed by atoms with van der Waals surface area (Å²) >= 11 is 0. The molecule has 204 valence electrons. The van der Waals surface area contributed by atoms with Gasteiger partial charge in [-0.3, -0.25) is 4.79 Å². The first-order valence-corrected chi connectivity index (χ1v) is 13.4. The van der Waals surface area contributed by atoms with E-state index in [1.807, 2.05) is 0 Å². The van der Waals surface area contributed by atoms with E-state index in [0.717, 1.165) is 6.07 Å². The highest BCUT2D eigenvalue weighted by molar-refractivity contribution is 7.82. The molecular weight excluding hydrogens is 539 g/mol. The molecule has 2 heterocycles. The summed E-state index contributed by atoms with van der Waals surface area (Å²) in [6.45, 7) is 0. The van der Waals surface area contributed by atoms with Gasteiger partial charge in [-0.05, 0) is 77.7 Å². The predicted molar refractivity (Wildman–Crippen MR) is 148 cm³/mol. The maximum Gasteiger partial charge on any atom is 0.225 e. The van der Waals surface area contributed by atoms with Gasteiger partial charge < -0.3 is 16.0 Å². The van der Waals surface area contributed by atoms with Crippen molar-refractivity contribution in [1.29, 1.82) is 0 Å². The molecule has 0 aliphatic heterocycles. The minimum Gasteiger partial charge on any atom is -0.384 e. The second-order valence-corrected chi connectivity index (χ2v) is 10.3. The second-order valence-electron chi connectivity index (χ2n) is 9.28. The number of benzene rings is 3. The van der Waals surface area contributed by atoms with Crippen LogP contribution in [0.2, 0.25) is 0 Å². The minimum absolute atomic E-state index is 0.0190. The van der Waals surface area contributed by atoms with Crippen molar-refractivity contribution >= 4 is 33.6 Å². The molecule has 6 N–H and O–H groups in total. The highest BCUT2D eigenvalue weighted by Crippen LogP contribution is 2.31. The second kappa shape index (κ2) is 11.3. The molecule has 0 saturated heterocycles. The molecule has 0 aliphatic carbocycles. The fourth-order valence-electron chi connectivity index (χ4n) is 4.68. The number of pyridine rings is 1. The van der Waals surface area contributed by atoms with Crippen LogP contribution in [0.25, 0.3) is 22.0 Å². The summed E-state index contributed by atoms with van der Waals surface area (Å²) in [5.41, 5.74) is 9.05. The van der Waals surface area contributed by atoms with Gasteiger partial charge in [-0.2, -0.15) is 0 Å². The van der Waals surface area contributed by atoms with Crippen molar-refractivity contribution in [2.24, 2.45) is 5.14 Å². The molecule has 0 spiro atoms. The van der Waals surface area contributed by atoms with Gasteiger partial charge in [0.15, 0.2) is 0 Å².